The molecule has 0 radical (unpaired) electrons. The molecule has 2 aromatic rings. The lowest BCUT2D eigenvalue weighted by molar-refractivity contribution is -0.167. The highest BCUT2D eigenvalue weighted by molar-refractivity contribution is 5.79. The fourth-order valence-corrected chi connectivity index (χ4v) is 4.81. The zero-order valence-electron chi connectivity index (χ0n) is 24.2. The highest BCUT2D eigenvalue weighted by atomic mass is 16.6. The lowest BCUT2D eigenvalue weighted by atomic mass is 9.81. The standard InChI is InChI=1S/C33H44O5/c1-10-16-27-23(5)28(19-22(4)20-29(34)37-21-25-17-14-13-15-18-25)26(11-2)24(6)30(27)31(32(35)36-12-3)38-33(7,8)9/h10,13-15,17-18,31H,1,4,11-12,16,19-21H2,2-3,5-9H3/t31-/m0/s1. The Balaban J connectivity index is 2.43. The molecule has 0 aliphatic rings. The number of benzene rings is 2. The van der Waals surface area contributed by atoms with Crippen LogP contribution >= 0.6 is 0 Å². The van der Waals surface area contributed by atoms with Gasteiger partial charge in [-0.05, 0) is 99.7 Å². The zero-order valence-corrected chi connectivity index (χ0v) is 24.2. The Labute approximate surface area is 228 Å². The zero-order chi connectivity index (χ0) is 28.5. The summed E-state index contributed by atoms with van der Waals surface area (Å²) in [5.41, 5.74) is 7.37. The lowest BCUT2D eigenvalue weighted by Crippen LogP contribution is -2.30. The van der Waals surface area contributed by atoms with Crippen LogP contribution in [-0.2, 0) is 49.7 Å². The normalized spacial score (nSPS) is 12.1. The molecule has 0 aliphatic carbocycles. The molecule has 0 fully saturated rings. The minimum Gasteiger partial charge on any atom is -0.464 e. The number of hydrogen-bond donors (Lipinski definition) is 0. The van der Waals surface area contributed by atoms with Crippen molar-refractivity contribution >= 4 is 11.9 Å². The van der Waals surface area contributed by atoms with E-state index < -0.39 is 17.7 Å². The van der Waals surface area contributed by atoms with Crippen LogP contribution in [0.5, 0.6) is 0 Å². The van der Waals surface area contributed by atoms with Crippen molar-refractivity contribution < 1.29 is 23.8 Å². The van der Waals surface area contributed by atoms with Gasteiger partial charge in [-0.3, -0.25) is 4.79 Å². The van der Waals surface area contributed by atoms with Crippen molar-refractivity contribution in [1.29, 1.82) is 0 Å². The van der Waals surface area contributed by atoms with Crippen LogP contribution in [0.15, 0.2) is 55.1 Å². The number of hydrogen-bond acceptors (Lipinski definition) is 5. The van der Waals surface area contributed by atoms with E-state index in [0.717, 1.165) is 50.9 Å². The number of esters is 2. The van der Waals surface area contributed by atoms with Gasteiger partial charge in [0.25, 0.3) is 0 Å². The van der Waals surface area contributed by atoms with Crippen molar-refractivity contribution in [3.63, 3.8) is 0 Å². The van der Waals surface area contributed by atoms with Gasteiger partial charge < -0.3 is 14.2 Å². The van der Waals surface area contributed by atoms with Crippen molar-refractivity contribution in [1.82, 2.24) is 0 Å². The maximum absolute atomic E-state index is 13.2. The van der Waals surface area contributed by atoms with Gasteiger partial charge in [0, 0.05) is 0 Å². The summed E-state index contributed by atoms with van der Waals surface area (Å²) in [5.74, 6) is -0.689. The Kier molecular flexibility index (Phi) is 11.5. The molecule has 0 spiro atoms. The predicted octanol–water partition coefficient (Wildman–Crippen LogP) is 7.25. The molecule has 0 unspecified atom stereocenters. The Morgan fingerprint density at radius 2 is 1.63 bits per heavy atom. The third-order valence-corrected chi connectivity index (χ3v) is 6.45. The molecule has 0 saturated carbocycles. The minimum absolute atomic E-state index is 0.144. The first kappa shape index (κ1) is 31.0. The van der Waals surface area contributed by atoms with Crippen LogP contribution in [0.2, 0.25) is 0 Å². The highest BCUT2D eigenvalue weighted by Crippen LogP contribution is 2.38. The average Bonchev–Trinajstić information content (AvgIpc) is 2.85. The number of ether oxygens (including phenoxy) is 3. The lowest BCUT2D eigenvalue weighted by Gasteiger charge is -2.31. The molecule has 0 aromatic heterocycles. The van der Waals surface area contributed by atoms with Crippen molar-refractivity contribution in [2.24, 2.45) is 0 Å². The number of rotatable bonds is 13. The van der Waals surface area contributed by atoms with Crippen molar-refractivity contribution in [3.8, 4) is 0 Å². The van der Waals surface area contributed by atoms with Gasteiger partial charge in [0.2, 0.25) is 0 Å². The molecule has 1 atom stereocenters. The maximum atomic E-state index is 13.2. The van der Waals surface area contributed by atoms with Gasteiger partial charge in [0.15, 0.2) is 6.10 Å². The monoisotopic (exact) mass is 520 g/mol. The number of allylic oxidation sites excluding steroid dienone is 1. The summed E-state index contributed by atoms with van der Waals surface area (Å²) >= 11 is 0. The van der Waals surface area contributed by atoms with E-state index in [1.807, 2.05) is 64.1 Å². The van der Waals surface area contributed by atoms with Gasteiger partial charge in [-0.15, -0.1) is 6.58 Å². The topological polar surface area (TPSA) is 61.8 Å². The predicted molar refractivity (Wildman–Crippen MR) is 153 cm³/mol. The smallest absolute Gasteiger partial charge is 0.339 e. The van der Waals surface area contributed by atoms with Crippen LogP contribution in [0.4, 0.5) is 0 Å². The third kappa shape index (κ3) is 8.42. The summed E-state index contributed by atoms with van der Waals surface area (Å²) in [6, 6.07) is 9.62. The van der Waals surface area contributed by atoms with Crippen molar-refractivity contribution in [2.75, 3.05) is 6.61 Å². The van der Waals surface area contributed by atoms with E-state index in [1.165, 1.54) is 0 Å². The summed E-state index contributed by atoms with van der Waals surface area (Å²) in [6.07, 6.45) is 3.03. The highest BCUT2D eigenvalue weighted by Gasteiger charge is 2.33. The summed E-state index contributed by atoms with van der Waals surface area (Å²) < 4.78 is 17.2. The fourth-order valence-electron chi connectivity index (χ4n) is 4.81. The van der Waals surface area contributed by atoms with Crippen LogP contribution in [0.25, 0.3) is 0 Å². The van der Waals surface area contributed by atoms with E-state index in [1.54, 1.807) is 6.92 Å². The second kappa shape index (κ2) is 14.1. The van der Waals surface area contributed by atoms with Gasteiger partial charge in [-0.1, -0.05) is 55.5 Å². The van der Waals surface area contributed by atoms with Crippen molar-refractivity contribution in [3.05, 3.63) is 94.1 Å². The summed E-state index contributed by atoms with van der Waals surface area (Å²) in [7, 11) is 0. The quantitative estimate of drug-likeness (QED) is 0.206. The van der Waals surface area contributed by atoms with E-state index >= 15 is 0 Å². The van der Waals surface area contributed by atoms with Crippen LogP contribution in [0.1, 0.15) is 86.1 Å². The molecule has 5 heteroatoms. The summed E-state index contributed by atoms with van der Waals surface area (Å²) in [6.45, 7) is 22.5. The molecule has 0 saturated heterocycles. The molecule has 2 rings (SSSR count). The molecule has 5 nitrogen and oxygen atoms in total. The Bertz CT molecular complexity index is 1140. The molecule has 0 heterocycles. The molecule has 0 amide bonds. The molecule has 2 aromatic carbocycles. The molecule has 0 N–H and O–H groups in total. The first-order valence-electron chi connectivity index (χ1n) is 13.4. The van der Waals surface area contributed by atoms with E-state index in [9.17, 15) is 9.59 Å². The average molecular weight is 521 g/mol. The molecule has 38 heavy (non-hydrogen) atoms. The van der Waals surface area contributed by atoms with E-state index in [0.29, 0.717) is 12.8 Å². The Morgan fingerprint density at radius 3 is 2.18 bits per heavy atom. The Morgan fingerprint density at radius 1 is 0.974 bits per heavy atom. The summed E-state index contributed by atoms with van der Waals surface area (Å²) in [5, 5.41) is 0. The van der Waals surface area contributed by atoms with Gasteiger partial charge in [0.1, 0.15) is 6.61 Å². The van der Waals surface area contributed by atoms with Gasteiger partial charge in [0.05, 0.1) is 18.6 Å². The number of carbonyl (C=O) groups is 2. The van der Waals surface area contributed by atoms with Gasteiger partial charge >= 0.3 is 11.9 Å². The van der Waals surface area contributed by atoms with E-state index in [-0.39, 0.29) is 25.6 Å². The second-order valence-electron chi connectivity index (χ2n) is 10.6. The SMILES string of the molecule is C=CCc1c(C)c(CC(=C)CC(=O)OCc2ccccc2)c(CC)c(C)c1[C@H](OC(C)(C)C)C(=O)OCC. The van der Waals surface area contributed by atoms with Crippen LogP contribution < -0.4 is 0 Å². The molecule has 0 bridgehead atoms. The largest absolute Gasteiger partial charge is 0.464 e. The van der Waals surface area contributed by atoms with Crippen LogP contribution in [0, 0.1) is 13.8 Å². The molecule has 206 valence electrons. The third-order valence-electron chi connectivity index (χ3n) is 6.45. The fraction of sp³-hybridized carbons (Fsp3) is 0.455. The summed E-state index contributed by atoms with van der Waals surface area (Å²) in [4.78, 5) is 25.7. The maximum Gasteiger partial charge on any atom is 0.339 e. The van der Waals surface area contributed by atoms with E-state index in [2.05, 4.69) is 27.0 Å². The van der Waals surface area contributed by atoms with Gasteiger partial charge in [-0.25, -0.2) is 4.79 Å². The second-order valence-corrected chi connectivity index (χ2v) is 10.6. The van der Waals surface area contributed by atoms with Crippen LogP contribution in [0.3, 0.4) is 0 Å². The Hall–Kier alpha value is -3.18. The minimum atomic E-state index is -0.848. The van der Waals surface area contributed by atoms with Gasteiger partial charge in [-0.2, -0.15) is 0 Å². The van der Waals surface area contributed by atoms with Crippen LogP contribution in [-0.4, -0.2) is 24.1 Å². The molecular formula is C33H44O5. The van der Waals surface area contributed by atoms with Crippen molar-refractivity contribution in [2.45, 2.75) is 92.5 Å². The first-order valence-corrected chi connectivity index (χ1v) is 13.4. The molecule has 0 aliphatic heterocycles. The first-order chi connectivity index (χ1) is 17.9. The molecular weight excluding hydrogens is 476 g/mol. The van der Waals surface area contributed by atoms with E-state index in [4.69, 9.17) is 14.2 Å². The number of carbonyl (C=O) groups excluding carboxylic acids is 2.